The van der Waals surface area contributed by atoms with E-state index >= 15 is 0 Å². The Labute approximate surface area is 236 Å². The van der Waals surface area contributed by atoms with Crippen LogP contribution in [0.4, 0.5) is 0 Å². The van der Waals surface area contributed by atoms with Gasteiger partial charge in [-0.05, 0) is 91.3 Å². The van der Waals surface area contributed by atoms with Gasteiger partial charge in [-0.25, -0.2) is 9.59 Å². The Hall–Kier alpha value is -2.78. The lowest BCUT2D eigenvalue weighted by atomic mass is 9.82. The Balaban J connectivity index is 0.00000361. The molecule has 0 bridgehead atoms. The van der Waals surface area contributed by atoms with Gasteiger partial charge in [-0.15, -0.1) is 24.8 Å². The number of benzene rings is 2. The summed E-state index contributed by atoms with van der Waals surface area (Å²) < 4.78 is 10.7. The van der Waals surface area contributed by atoms with Crippen molar-refractivity contribution in [1.82, 2.24) is 9.80 Å². The first kappa shape index (κ1) is 33.2. The number of halogens is 2. The van der Waals surface area contributed by atoms with Crippen molar-refractivity contribution in [2.24, 2.45) is 0 Å². The number of ether oxygens (including phenoxy) is 2. The maximum Gasteiger partial charge on any atom is 0.338 e. The van der Waals surface area contributed by atoms with E-state index in [9.17, 15) is 19.2 Å². The maximum absolute atomic E-state index is 13.2. The van der Waals surface area contributed by atoms with Gasteiger partial charge in [-0.2, -0.15) is 0 Å². The van der Waals surface area contributed by atoms with E-state index in [0.29, 0.717) is 12.8 Å². The highest BCUT2D eigenvalue weighted by Crippen LogP contribution is 2.29. The Kier molecular flexibility index (Phi) is 12.6. The second kappa shape index (κ2) is 14.4. The van der Waals surface area contributed by atoms with E-state index in [-0.39, 0.29) is 95.1 Å². The van der Waals surface area contributed by atoms with Crippen molar-refractivity contribution < 1.29 is 28.7 Å². The zero-order valence-corrected chi connectivity index (χ0v) is 24.2. The molecule has 3 rings (SSSR count). The molecule has 1 aliphatic rings. The van der Waals surface area contributed by atoms with Crippen LogP contribution in [0.1, 0.15) is 79.2 Å². The summed E-state index contributed by atoms with van der Waals surface area (Å²) in [4.78, 5) is 55.4. The molecule has 0 saturated carbocycles. The first-order valence-corrected chi connectivity index (χ1v) is 12.1. The number of hydrogen-bond acceptors (Lipinski definition) is 8. The molecule has 0 amide bonds. The van der Waals surface area contributed by atoms with E-state index in [1.54, 1.807) is 0 Å². The highest BCUT2D eigenvalue weighted by atomic mass is 35.5. The molecule has 2 aromatic rings. The minimum Gasteiger partial charge on any atom is -0.462 e. The third kappa shape index (κ3) is 7.63. The fourth-order valence-electron chi connectivity index (χ4n) is 3.73. The molecule has 0 aromatic heterocycles. The molecule has 0 heterocycles. The molecule has 208 valence electrons. The molecule has 1 aliphatic carbocycles. The lowest BCUT2D eigenvalue weighted by Crippen LogP contribution is -2.26. The van der Waals surface area contributed by atoms with Crippen molar-refractivity contribution in [3.05, 3.63) is 69.8 Å². The van der Waals surface area contributed by atoms with Gasteiger partial charge in [0.2, 0.25) is 0 Å². The van der Waals surface area contributed by atoms with Crippen molar-refractivity contribution in [1.29, 1.82) is 0 Å². The fourth-order valence-corrected chi connectivity index (χ4v) is 3.73. The van der Waals surface area contributed by atoms with E-state index < -0.39 is 11.9 Å². The first-order valence-electron chi connectivity index (χ1n) is 12.1. The Bertz CT molecular complexity index is 1090. The molecule has 0 aliphatic heterocycles. The molecule has 0 saturated heterocycles. The molecule has 2 atom stereocenters. The minimum absolute atomic E-state index is 0. The number of carbonyl (C=O) groups excluding carboxylic acids is 4. The topological polar surface area (TPSA) is 93.2 Å². The molecule has 2 unspecified atom stereocenters. The van der Waals surface area contributed by atoms with E-state index in [1.807, 2.05) is 51.8 Å². The molecule has 0 spiro atoms. The summed E-state index contributed by atoms with van der Waals surface area (Å²) in [5.41, 5.74) is 1.10. The van der Waals surface area contributed by atoms with Gasteiger partial charge >= 0.3 is 11.9 Å². The van der Waals surface area contributed by atoms with E-state index in [0.717, 1.165) is 0 Å². The molecule has 0 fully saturated rings. The van der Waals surface area contributed by atoms with E-state index in [1.165, 1.54) is 36.4 Å². The molecule has 38 heavy (non-hydrogen) atoms. The van der Waals surface area contributed by atoms with E-state index in [4.69, 9.17) is 9.47 Å². The molecule has 2 aromatic carbocycles. The third-order valence-corrected chi connectivity index (χ3v) is 6.79. The second-order valence-electron chi connectivity index (χ2n) is 9.65. The Morgan fingerprint density at radius 3 is 1.32 bits per heavy atom. The van der Waals surface area contributed by atoms with Crippen LogP contribution in [0.15, 0.2) is 36.4 Å². The fraction of sp³-hybridized carbons (Fsp3) is 0.429. The standard InChI is InChI=1S/C28H34N2O6.2ClH/c1-17(29(3)4)11-13-35-27(33)19-7-9-21-23(15-19)25(31)22-10-8-20(16-24(22)26(21)32)28(34)36-14-12-18(2)30(5)6;;/h7-10,15-18H,11-14H2,1-6H3;2*1H. The number of carbonyl (C=O) groups is 4. The van der Waals surface area contributed by atoms with Gasteiger partial charge < -0.3 is 19.3 Å². The van der Waals surface area contributed by atoms with Gasteiger partial charge in [0.15, 0.2) is 11.6 Å². The van der Waals surface area contributed by atoms with Crippen LogP contribution >= 0.6 is 24.8 Å². The van der Waals surface area contributed by atoms with Gasteiger partial charge in [-0.1, -0.05) is 0 Å². The lowest BCUT2D eigenvalue weighted by Gasteiger charge is -2.20. The summed E-state index contributed by atoms with van der Waals surface area (Å²) in [6.07, 6.45) is 1.35. The van der Waals surface area contributed by atoms with Crippen LogP contribution < -0.4 is 0 Å². The summed E-state index contributed by atoms with van der Waals surface area (Å²) in [7, 11) is 7.81. The van der Waals surface area contributed by atoms with Gasteiger partial charge in [0, 0.05) is 34.3 Å². The molecule has 10 heteroatoms. The monoisotopic (exact) mass is 566 g/mol. The van der Waals surface area contributed by atoms with Crippen molar-refractivity contribution in [3.8, 4) is 0 Å². The van der Waals surface area contributed by atoms with Crippen LogP contribution in [0.25, 0.3) is 0 Å². The number of fused-ring (bicyclic) bond motifs is 2. The van der Waals surface area contributed by atoms with Crippen molar-refractivity contribution in [3.63, 3.8) is 0 Å². The maximum atomic E-state index is 13.2. The van der Waals surface area contributed by atoms with E-state index in [2.05, 4.69) is 0 Å². The summed E-state index contributed by atoms with van der Waals surface area (Å²) >= 11 is 0. The molecule has 8 nitrogen and oxygen atoms in total. The number of ketones is 2. The zero-order chi connectivity index (χ0) is 26.6. The van der Waals surface area contributed by atoms with Crippen molar-refractivity contribution in [2.45, 2.75) is 38.8 Å². The SMILES string of the molecule is CC(CCOC(=O)c1ccc2c(c1)C(=O)c1ccc(C(=O)OCCC(C)N(C)C)cc1C2=O)N(C)C.Cl.Cl. The van der Waals surface area contributed by atoms with Crippen LogP contribution in [-0.4, -0.2) is 86.8 Å². The summed E-state index contributed by atoms with van der Waals surface area (Å²) in [5, 5.41) is 0. The van der Waals surface area contributed by atoms with Crippen LogP contribution in [0.3, 0.4) is 0 Å². The zero-order valence-electron chi connectivity index (χ0n) is 22.6. The average molecular weight is 568 g/mol. The first-order chi connectivity index (χ1) is 17.0. The highest BCUT2D eigenvalue weighted by Gasteiger charge is 2.31. The van der Waals surface area contributed by atoms with Gasteiger partial charge in [0.1, 0.15) is 0 Å². The van der Waals surface area contributed by atoms with Crippen LogP contribution in [0.2, 0.25) is 0 Å². The Morgan fingerprint density at radius 1 is 0.658 bits per heavy atom. The van der Waals surface area contributed by atoms with Gasteiger partial charge in [-0.3, -0.25) is 9.59 Å². The molecule has 0 N–H and O–H groups in total. The number of hydrogen-bond donors (Lipinski definition) is 0. The van der Waals surface area contributed by atoms with Crippen LogP contribution in [-0.2, 0) is 9.47 Å². The lowest BCUT2D eigenvalue weighted by molar-refractivity contribution is 0.0466. The predicted molar refractivity (Wildman–Crippen MR) is 150 cm³/mol. The van der Waals surface area contributed by atoms with Crippen LogP contribution in [0.5, 0.6) is 0 Å². The Morgan fingerprint density at radius 2 is 1.00 bits per heavy atom. The summed E-state index contributed by atoms with van der Waals surface area (Å²) in [5.74, 6) is -1.85. The molecular weight excluding hydrogens is 531 g/mol. The van der Waals surface area contributed by atoms with Crippen molar-refractivity contribution in [2.75, 3.05) is 41.4 Å². The number of nitrogens with zero attached hydrogens (tertiary/aromatic N) is 2. The normalized spacial score (nSPS) is 13.6. The minimum atomic E-state index is -0.545. The summed E-state index contributed by atoms with van der Waals surface area (Å²) in [6.45, 7) is 4.56. The van der Waals surface area contributed by atoms with Gasteiger partial charge in [0.25, 0.3) is 0 Å². The van der Waals surface area contributed by atoms with Crippen LogP contribution in [0, 0.1) is 0 Å². The smallest absolute Gasteiger partial charge is 0.338 e. The number of esters is 2. The third-order valence-electron chi connectivity index (χ3n) is 6.79. The second-order valence-corrected chi connectivity index (χ2v) is 9.65. The van der Waals surface area contributed by atoms with Gasteiger partial charge in [0.05, 0.1) is 24.3 Å². The largest absolute Gasteiger partial charge is 0.462 e. The molecule has 0 radical (unpaired) electrons. The summed E-state index contributed by atoms with van der Waals surface area (Å²) in [6, 6.07) is 9.21. The average Bonchev–Trinajstić information content (AvgIpc) is 2.86. The number of rotatable bonds is 10. The van der Waals surface area contributed by atoms with Crippen molar-refractivity contribution >= 4 is 48.3 Å². The molecular formula is C28H36Cl2N2O6. The predicted octanol–water partition coefficient (Wildman–Crippen LogP) is 4.30. The quantitative estimate of drug-likeness (QED) is 0.335. The highest BCUT2D eigenvalue weighted by molar-refractivity contribution is 6.29.